The van der Waals surface area contributed by atoms with Gasteiger partial charge in [-0.1, -0.05) is 0 Å². The molecule has 0 heterocycles. The fourth-order valence-corrected chi connectivity index (χ4v) is 0. The maximum Gasteiger partial charge on any atom is 0.278 e. The van der Waals surface area contributed by atoms with Crippen molar-refractivity contribution < 1.29 is 8.42 Å². The lowest BCUT2D eigenvalue weighted by molar-refractivity contribution is 0.616. The average Bonchev–Trinajstić information content (AvgIpc) is 1.38. The Kier molecular flexibility index (Phi) is 1.67. The van der Waals surface area contributed by atoms with Crippen LogP contribution in [0.3, 0.4) is 0 Å². The van der Waals surface area contributed by atoms with Gasteiger partial charge in [0, 0.05) is 0 Å². The van der Waals surface area contributed by atoms with Crippen LogP contribution in [0.15, 0.2) is 4.58 Å². The van der Waals surface area contributed by atoms with Crippen LogP contribution in [0, 0.1) is 4.91 Å². The molecule has 0 amide bonds. The van der Waals surface area contributed by atoms with Crippen LogP contribution in [0.25, 0.3) is 0 Å². The van der Waals surface area contributed by atoms with E-state index in [2.05, 4.69) is 0 Å². The molecule has 0 aliphatic rings. The third-order valence-electron chi connectivity index (χ3n) is 0.0667. The SMILES string of the molecule is O=N[SH](=O)=O. The molecule has 0 fully saturated rings. The molecule has 5 heavy (non-hydrogen) atoms. The van der Waals surface area contributed by atoms with Gasteiger partial charge in [-0.2, -0.15) is 0 Å². The molecule has 0 unspecified atom stereocenters. The summed E-state index contributed by atoms with van der Waals surface area (Å²) in [6.07, 6.45) is 0. The number of nitrogens with zero attached hydrogens (tertiary/aromatic N) is 1. The molecule has 0 saturated carbocycles. The van der Waals surface area contributed by atoms with E-state index in [0.717, 1.165) is 0 Å². The van der Waals surface area contributed by atoms with E-state index in [0.29, 0.717) is 0 Å². The molecule has 0 radical (unpaired) electrons. The highest BCUT2D eigenvalue weighted by Gasteiger charge is 1.62. The summed E-state index contributed by atoms with van der Waals surface area (Å²) in [5.41, 5.74) is 0. The minimum Gasteiger partial charge on any atom is -0.205 e. The fraction of sp³-hybridized carbons (Fsp3) is 0. The van der Waals surface area contributed by atoms with E-state index >= 15 is 0 Å². The van der Waals surface area contributed by atoms with E-state index in [1.165, 1.54) is 0 Å². The monoisotopic (exact) mass is 95.0 g/mol. The van der Waals surface area contributed by atoms with E-state index in [9.17, 15) is 0 Å². The number of nitroso groups, excluding NO2 is 1. The summed E-state index contributed by atoms with van der Waals surface area (Å²) in [4.78, 5) is 8.66. The van der Waals surface area contributed by atoms with Gasteiger partial charge in [0.2, 0.25) is 0 Å². The van der Waals surface area contributed by atoms with Gasteiger partial charge in [-0.25, -0.2) is 8.42 Å². The molecule has 0 spiro atoms. The summed E-state index contributed by atoms with van der Waals surface area (Å²) in [5.74, 6) is 0. The molecular weight excluding hydrogens is 94.1 g/mol. The van der Waals surface area contributed by atoms with Crippen molar-refractivity contribution in [1.29, 1.82) is 0 Å². The summed E-state index contributed by atoms with van der Waals surface area (Å²) in [7, 11) is -3.03. The number of hydrogen-bond donors (Lipinski definition) is 1. The van der Waals surface area contributed by atoms with Crippen LogP contribution >= 0.6 is 0 Å². The van der Waals surface area contributed by atoms with Gasteiger partial charge in [0.1, 0.15) is 0 Å². The fourth-order valence-electron chi connectivity index (χ4n) is 0. The Morgan fingerprint density at radius 2 is 1.60 bits per heavy atom. The zero-order valence-corrected chi connectivity index (χ0v) is 3.01. The summed E-state index contributed by atoms with van der Waals surface area (Å²) >= 11 is 0. The summed E-state index contributed by atoms with van der Waals surface area (Å²) < 4.78 is 19.4. The van der Waals surface area contributed by atoms with Crippen LogP contribution in [0.1, 0.15) is 0 Å². The van der Waals surface area contributed by atoms with E-state index in [-0.39, 0.29) is 0 Å². The van der Waals surface area contributed by atoms with Gasteiger partial charge in [0.15, 0.2) is 0 Å². The molecule has 0 aliphatic carbocycles. The average molecular weight is 95.1 g/mol. The zero-order valence-electron chi connectivity index (χ0n) is 2.12. The minimum atomic E-state index is -3.03. The molecule has 0 aliphatic heterocycles. The first-order valence-corrected chi connectivity index (χ1v) is 1.88. The topological polar surface area (TPSA) is 63.6 Å². The zero-order chi connectivity index (χ0) is 4.28. The van der Waals surface area contributed by atoms with Gasteiger partial charge >= 0.3 is 0 Å². The van der Waals surface area contributed by atoms with Gasteiger partial charge in [0.25, 0.3) is 10.9 Å². The Labute approximate surface area is 29.9 Å². The lowest BCUT2D eigenvalue weighted by Gasteiger charge is -1.43. The van der Waals surface area contributed by atoms with Crippen molar-refractivity contribution in [3.63, 3.8) is 0 Å². The van der Waals surface area contributed by atoms with Crippen molar-refractivity contribution >= 4 is 10.9 Å². The molecule has 0 bridgehead atoms. The predicted octanol–water partition coefficient (Wildman–Crippen LogP) is -0.721. The summed E-state index contributed by atoms with van der Waals surface area (Å²) in [5, 5.41) is 0. The van der Waals surface area contributed by atoms with Crippen molar-refractivity contribution in [2.45, 2.75) is 0 Å². The quantitative estimate of drug-likeness (QED) is 0.345. The first kappa shape index (κ1) is 4.55. The molecular formula is HNO3S. The van der Waals surface area contributed by atoms with Crippen LogP contribution in [-0.4, -0.2) is 8.42 Å². The second-order valence-corrected chi connectivity index (χ2v) is 0.958. The summed E-state index contributed by atoms with van der Waals surface area (Å²) in [6, 6.07) is 0. The largest absolute Gasteiger partial charge is 0.278 e. The Bertz CT molecular complexity index is 83.1. The van der Waals surface area contributed by atoms with E-state index in [1.807, 2.05) is 0 Å². The Balaban J connectivity index is 3.69. The van der Waals surface area contributed by atoms with Crippen LogP contribution in [0.4, 0.5) is 0 Å². The van der Waals surface area contributed by atoms with Crippen LogP contribution in [0.5, 0.6) is 0 Å². The Hall–Kier alpha value is -0.450. The molecule has 0 aromatic heterocycles. The second kappa shape index (κ2) is 1.83. The maximum absolute atomic E-state index is 8.93. The lowest BCUT2D eigenvalue weighted by Crippen LogP contribution is -1.54. The molecule has 30 valence electrons. The van der Waals surface area contributed by atoms with Crippen molar-refractivity contribution in [2.75, 3.05) is 0 Å². The third-order valence-corrected chi connectivity index (χ3v) is 0.200. The van der Waals surface area contributed by atoms with Gasteiger partial charge in [0.05, 0.1) is 4.58 Å². The van der Waals surface area contributed by atoms with Crippen molar-refractivity contribution in [3.05, 3.63) is 4.91 Å². The molecule has 0 rings (SSSR count). The van der Waals surface area contributed by atoms with Gasteiger partial charge in [-0.3, -0.25) is 0 Å². The van der Waals surface area contributed by atoms with Crippen LogP contribution < -0.4 is 0 Å². The van der Waals surface area contributed by atoms with Gasteiger partial charge < -0.3 is 0 Å². The number of rotatable bonds is 1. The molecule has 0 N–H and O–H groups in total. The smallest absolute Gasteiger partial charge is 0.205 e. The molecule has 5 heteroatoms. The number of thiol groups is 1. The molecule has 0 aromatic rings. The Morgan fingerprint density at radius 3 is 1.60 bits per heavy atom. The molecule has 0 atom stereocenters. The normalized spacial score (nSPS) is 8.20. The minimum absolute atomic E-state index is 1.59. The van der Waals surface area contributed by atoms with Crippen LogP contribution in [-0.2, 0) is 10.9 Å². The number of hydrogen-bond acceptors (Lipinski definition) is 3. The van der Waals surface area contributed by atoms with E-state index in [4.69, 9.17) is 13.3 Å². The van der Waals surface area contributed by atoms with Crippen molar-refractivity contribution in [3.8, 4) is 0 Å². The third kappa shape index (κ3) is 3.55. The standard InChI is InChI=1S/HNO3S/c2-1-5(3)4/h5H. The first-order valence-electron chi connectivity index (χ1n) is 0.748. The highest BCUT2D eigenvalue weighted by Crippen LogP contribution is 1.53. The van der Waals surface area contributed by atoms with Gasteiger partial charge in [-0.15, -0.1) is 4.91 Å². The second-order valence-electron chi connectivity index (χ2n) is 0.319. The van der Waals surface area contributed by atoms with E-state index < -0.39 is 10.9 Å². The summed E-state index contributed by atoms with van der Waals surface area (Å²) in [6.45, 7) is 0. The van der Waals surface area contributed by atoms with E-state index in [1.54, 1.807) is 4.58 Å². The first-order chi connectivity index (χ1) is 2.27. The highest BCUT2D eigenvalue weighted by molar-refractivity contribution is 7.70. The lowest BCUT2D eigenvalue weighted by atomic mass is 13.7. The molecule has 0 aromatic carbocycles. The highest BCUT2D eigenvalue weighted by atomic mass is 32.2. The van der Waals surface area contributed by atoms with Crippen LogP contribution in [0.2, 0.25) is 0 Å². The predicted molar refractivity (Wildman–Crippen MR) is 16.1 cm³/mol. The maximum atomic E-state index is 8.93. The van der Waals surface area contributed by atoms with Crippen molar-refractivity contribution in [1.82, 2.24) is 0 Å². The van der Waals surface area contributed by atoms with Gasteiger partial charge in [-0.05, 0) is 0 Å². The molecule has 0 saturated heterocycles. The van der Waals surface area contributed by atoms with Crippen molar-refractivity contribution in [2.24, 2.45) is 4.58 Å². The Morgan fingerprint density at radius 1 is 1.40 bits per heavy atom. The molecule has 4 nitrogen and oxygen atoms in total.